The molecule has 0 aliphatic rings. The number of hydroxylamine groups is 1. The third-order valence-corrected chi connectivity index (χ3v) is 5.69. The van der Waals surface area contributed by atoms with Crippen LogP contribution in [-0.2, 0) is 6.54 Å². The van der Waals surface area contributed by atoms with E-state index in [4.69, 9.17) is 5.21 Å². The van der Waals surface area contributed by atoms with Gasteiger partial charge in [-0.15, -0.1) is 0 Å². The van der Waals surface area contributed by atoms with Crippen LogP contribution in [0.25, 0.3) is 22.2 Å². The maximum absolute atomic E-state index is 8.54. The lowest BCUT2D eigenvalue weighted by Crippen LogP contribution is -2.07. The van der Waals surface area contributed by atoms with Crippen LogP contribution in [0.15, 0.2) is 54.9 Å². The summed E-state index contributed by atoms with van der Waals surface area (Å²) in [6.45, 7) is 1.79. The van der Waals surface area contributed by atoms with Gasteiger partial charge in [0.2, 0.25) is 0 Å². The second kappa shape index (κ2) is 12.4. The first-order valence-corrected chi connectivity index (χ1v) is 11.3. The number of nitrogens with one attached hydrogen (secondary N) is 1. The summed E-state index contributed by atoms with van der Waals surface area (Å²) >= 11 is 0. The van der Waals surface area contributed by atoms with Crippen LogP contribution in [0.2, 0.25) is 0 Å². The van der Waals surface area contributed by atoms with Crippen LogP contribution in [0.5, 0.6) is 0 Å². The summed E-state index contributed by atoms with van der Waals surface area (Å²) in [5.41, 5.74) is 6.01. The Hall–Kier alpha value is -2.17. The molecule has 0 aliphatic heterocycles. The van der Waals surface area contributed by atoms with Crippen molar-refractivity contribution in [3.05, 3.63) is 54.9 Å². The number of hydrogen-bond acceptors (Lipinski definition) is 3. The molecule has 3 rings (SSSR count). The summed E-state index contributed by atoms with van der Waals surface area (Å²) in [7, 11) is 0. The third kappa shape index (κ3) is 6.69. The van der Waals surface area contributed by atoms with E-state index in [0.29, 0.717) is 0 Å². The van der Waals surface area contributed by atoms with Crippen LogP contribution in [0.4, 0.5) is 0 Å². The molecule has 2 N–H and O–H groups in total. The van der Waals surface area contributed by atoms with E-state index in [1.54, 1.807) is 0 Å². The van der Waals surface area contributed by atoms with Gasteiger partial charge in [0.15, 0.2) is 0 Å². The Balaban J connectivity index is 1.41. The second-order valence-electron chi connectivity index (χ2n) is 7.93. The Morgan fingerprint density at radius 1 is 0.793 bits per heavy atom. The van der Waals surface area contributed by atoms with Crippen LogP contribution >= 0.6 is 0 Å². The topological polar surface area (TPSA) is 50.1 Å². The van der Waals surface area contributed by atoms with E-state index in [2.05, 4.69) is 51.4 Å². The van der Waals surface area contributed by atoms with Gasteiger partial charge in [-0.3, -0.25) is 4.98 Å². The quantitative estimate of drug-likeness (QED) is 0.240. The zero-order valence-electron chi connectivity index (χ0n) is 17.5. The molecule has 4 nitrogen and oxygen atoms in total. The van der Waals surface area contributed by atoms with Gasteiger partial charge in [0, 0.05) is 41.9 Å². The lowest BCUT2D eigenvalue weighted by Gasteiger charge is -2.11. The average molecular weight is 394 g/mol. The average Bonchev–Trinajstić information content (AvgIpc) is 3.14. The summed E-state index contributed by atoms with van der Waals surface area (Å²) in [5.74, 6) is 0. The summed E-state index contributed by atoms with van der Waals surface area (Å²) in [6.07, 6.45) is 16.6. The number of para-hydroxylation sites is 1. The minimum Gasteiger partial charge on any atom is -0.340 e. The van der Waals surface area contributed by atoms with Gasteiger partial charge in [-0.2, -0.15) is 0 Å². The van der Waals surface area contributed by atoms with Gasteiger partial charge >= 0.3 is 0 Å². The van der Waals surface area contributed by atoms with E-state index >= 15 is 0 Å². The summed E-state index contributed by atoms with van der Waals surface area (Å²) in [4.78, 5) is 4.31. The van der Waals surface area contributed by atoms with Gasteiger partial charge in [-0.1, -0.05) is 69.6 Å². The van der Waals surface area contributed by atoms with Crippen molar-refractivity contribution >= 4 is 10.9 Å². The first-order chi connectivity index (χ1) is 14.4. The van der Waals surface area contributed by atoms with Gasteiger partial charge in [0.25, 0.3) is 0 Å². The van der Waals surface area contributed by atoms with E-state index in [1.807, 2.05) is 18.5 Å². The third-order valence-electron chi connectivity index (χ3n) is 5.69. The normalized spacial score (nSPS) is 11.3. The highest BCUT2D eigenvalue weighted by Gasteiger charge is 2.10. The molecule has 0 fully saturated rings. The Bertz CT molecular complexity index is 828. The molecule has 0 atom stereocenters. The number of rotatable bonds is 14. The van der Waals surface area contributed by atoms with Crippen molar-refractivity contribution in [2.24, 2.45) is 0 Å². The molecule has 0 amide bonds. The largest absolute Gasteiger partial charge is 0.340 e. The number of fused-ring (bicyclic) bond motifs is 1. The van der Waals surface area contributed by atoms with Crippen molar-refractivity contribution in [2.75, 3.05) is 6.54 Å². The zero-order chi connectivity index (χ0) is 20.2. The fourth-order valence-corrected chi connectivity index (χ4v) is 4.09. The van der Waals surface area contributed by atoms with E-state index < -0.39 is 0 Å². The zero-order valence-corrected chi connectivity index (χ0v) is 17.5. The van der Waals surface area contributed by atoms with Crippen molar-refractivity contribution in [3.8, 4) is 11.3 Å². The van der Waals surface area contributed by atoms with Gasteiger partial charge in [0.1, 0.15) is 0 Å². The van der Waals surface area contributed by atoms with Crippen molar-refractivity contribution in [1.29, 1.82) is 0 Å². The van der Waals surface area contributed by atoms with Crippen LogP contribution < -0.4 is 5.48 Å². The van der Waals surface area contributed by atoms with Crippen molar-refractivity contribution in [2.45, 2.75) is 70.8 Å². The van der Waals surface area contributed by atoms with E-state index in [1.165, 1.54) is 79.9 Å². The fourth-order valence-electron chi connectivity index (χ4n) is 4.09. The monoisotopic (exact) mass is 393 g/mol. The van der Waals surface area contributed by atoms with Crippen LogP contribution in [-0.4, -0.2) is 21.3 Å². The van der Waals surface area contributed by atoms with Gasteiger partial charge in [-0.05, 0) is 37.1 Å². The number of aromatic nitrogens is 2. The summed E-state index contributed by atoms with van der Waals surface area (Å²) < 4.78 is 2.47. The molecule has 156 valence electrons. The molecule has 4 heteroatoms. The summed E-state index contributed by atoms with van der Waals surface area (Å²) in [5, 5.41) is 9.85. The van der Waals surface area contributed by atoms with E-state index in [0.717, 1.165) is 19.5 Å². The molecule has 0 saturated heterocycles. The molecular weight excluding hydrogens is 358 g/mol. The number of nitrogens with zero attached hydrogens (tertiary/aromatic N) is 2. The Morgan fingerprint density at radius 3 is 2.17 bits per heavy atom. The fraction of sp³-hybridized carbons (Fsp3) is 0.480. The molecule has 0 saturated carbocycles. The molecule has 1 aromatic carbocycles. The number of benzene rings is 1. The molecule has 2 heterocycles. The van der Waals surface area contributed by atoms with Crippen molar-refractivity contribution < 1.29 is 5.21 Å². The van der Waals surface area contributed by atoms with Crippen molar-refractivity contribution in [3.63, 3.8) is 0 Å². The van der Waals surface area contributed by atoms with Crippen LogP contribution in [0.3, 0.4) is 0 Å². The Kier molecular flexibility index (Phi) is 9.21. The predicted molar refractivity (Wildman–Crippen MR) is 121 cm³/mol. The molecule has 0 aliphatic carbocycles. The smallest absolute Gasteiger partial charge is 0.0506 e. The minimum absolute atomic E-state index is 0.721. The second-order valence-corrected chi connectivity index (χ2v) is 7.93. The predicted octanol–water partition coefficient (Wildman–Crippen LogP) is 6.58. The van der Waals surface area contributed by atoms with Gasteiger partial charge in [0.05, 0.1) is 5.69 Å². The highest BCUT2D eigenvalue weighted by molar-refractivity contribution is 5.86. The first-order valence-electron chi connectivity index (χ1n) is 11.3. The van der Waals surface area contributed by atoms with Crippen LogP contribution in [0, 0.1) is 0 Å². The minimum atomic E-state index is 0.721. The lowest BCUT2D eigenvalue weighted by atomic mass is 10.1. The number of hydrogen-bond donors (Lipinski definition) is 2. The number of pyridine rings is 1. The standard InChI is InChI=1S/C25H35N3O/c29-27-18-11-7-5-3-1-2-4-6-8-12-19-28-24-16-10-9-14-22(24)20-25(28)23-15-13-17-26-21-23/h9-10,13-17,20-21,27,29H,1-8,11-12,18-19H2. The molecule has 29 heavy (non-hydrogen) atoms. The maximum Gasteiger partial charge on any atom is 0.0506 e. The maximum atomic E-state index is 8.54. The van der Waals surface area contributed by atoms with E-state index in [-0.39, 0.29) is 0 Å². The number of aryl methyl sites for hydroxylation is 1. The van der Waals surface area contributed by atoms with Crippen molar-refractivity contribution in [1.82, 2.24) is 15.0 Å². The van der Waals surface area contributed by atoms with Gasteiger partial charge < -0.3 is 9.77 Å². The van der Waals surface area contributed by atoms with E-state index in [9.17, 15) is 0 Å². The van der Waals surface area contributed by atoms with Crippen LogP contribution in [0.1, 0.15) is 64.2 Å². The first kappa shape index (κ1) is 21.5. The lowest BCUT2D eigenvalue weighted by molar-refractivity contribution is 0.164. The Labute approximate surface area is 174 Å². The molecule has 3 aromatic rings. The highest BCUT2D eigenvalue weighted by Crippen LogP contribution is 2.28. The Morgan fingerprint density at radius 2 is 1.48 bits per heavy atom. The number of unbranched alkanes of at least 4 members (excludes halogenated alkanes) is 9. The molecule has 0 unspecified atom stereocenters. The molecule has 0 spiro atoms. The summed E-state index contributed by atoms with van der Waals surface area (Å²) in [6, 6.07) is 15.1. The molecule has 0 bridgehead atoms. The highest BCUT2D eigenvalue weighted by atomic mass is 16.5. The SMILES string of the molecule is ONCCCCCCCCCCCCn1c(-c2cccnc2)cc2ccccc21. The molecule has 0 radical (unpaired) electrons. The molecule has 2 aromatic heterocycles. The van der Waals surface area contributed by atoms with Gasteiger partial charge in [-0.25, -0.2) is 5.48 Å². The molecular formula is C25H35N3O.